The molecule has 0 heterocycles. The lowest BCUT2D eigenvalue weighted by Crippen LogP contribution is -2.35. The lowest BCUT2D eigenvalue weighted by molar-refractivity contribution is -0.160. The molecule has 0 bridgehead atoms. The standard InChI is InChI=1S/C6H7BrF3NO4/c7-3(4(12)13)1-11-5(14)15-2-6(8,9)10/h3H,1-2H2,(H,11,14)(H,12,13). The van der Waals surface area contributed by atoms with E-state index in [0.29, 0.717) is 0 Å². The van der Waals surface area contributed by atoms with Crippen LogP contribution < -0.4 is 5.32 Å². The number of carbonyl (C=O) groups is 2. The first-order valence-corrected chi connectivity index (χ1v) is 4.48. The normalized spacial score (nSPS) is 13.1. The Morgan fingerprint density at radius 2 is 2.00 bits per heavy atom. The molecule has 0 spiro atoms. The van der Waals surface area contributed by atoms with Gasteiger partial charge in [0.05, 0.1) is 0 Å². The third-order valence-electron chi connectivity index (χ3n) is 1.06. The van der Waals surface area contributed by atoms with E-state index in [2.05, 4.69) is 20.7 Å². The number of halogens is 4. The minimum atomic E-state index is -4.60. The van der Waals surface area contributed by atoms with E-state index in [-0.39, 0.29) is 6.54 Å². The van der Waals surface area contributed by atoms with Gasteiger partial charge in [-0.3, -0.25) is 4.79 Å². The highest BCUT2D eigenvalue weighted by Crippen LogP contribution is 2.14. The summed E-state index contributed by atoms with van der Waals surface area (Å²) in [4.78, 5) is 19.7. The van der Waals surface area contributed by atoms with E-state index in [0.717, 1.165) is 0 Å². The van der Waals surface area contributed by atoms with Gasteiger partial charge < -0.3 is 15.2 Å². The summed E-state index contributed by atoms with van der Waals surface area (Å²) < 4.78 is 38.4. The average molecular weight is 294 g/mol. The van der Waals surface area contributed by atoms with Crippen LogP contribution in [-0.4, -0.2) is 41.3 Å². The molecule has 0 aliphatic rings. The fourth-order valence-electron chi connectivity index (χ4n) is 0.459. The summed E-state index contributed by atoms with van der Waals surface area (Å²) in [7, 11) is 0. The summed E-state index contributed by atoms with van der Waals surface area (Å²) in [6.45, 7) is -2.08. The highest BCUT2D eigenvalue weighted by Gasteiger charge is 2.29. The van der Waals surface area contributed by atoms with Crippen molar-refractivity contribution in [1.29, 1.82) is 0 Å². The molecule has 0 aromatic carbocycles. The smallest absolute Gasteiger partial charge is 0.422 e. The van der Waals surface area contributed by atoms with Gasteiger partial charge in [0.15, 0.2) is 6.61 Å². The van der Waals surface area contributed by atoms with E-state index in [1.165, 1.54) is 0 Å². The second-order valence-electron chi connectivity index (χ2n) is 2.38. The van der Waals surface area contributed by atoms with Crippen molar-refractivity contribution in [1.82, 2.24) is 5.32 Å². The molecule has 88 valence electrons. The van der Waals surface area contributed by atoms with Crippen LogP contribution in [0.5, 0.6) is 0 Å². The lowest BCUT2D eigenvalue weighted by Gasteiger charge is -2.09. The maximum atomic E-state index is 11.5. The van der Waals surface area contributed by atoms with Crippen LogP contribution in [0.3, 0.4) is 0 Å². The Labute approximate surface area is 90.7 Å². The molecule has 2 N–H and O–H groups in total. The molecule has 1 unspecified atom stereocenters. The molecule has 15 heavy (non-hydrogen) atoms. The molecule has 0 saturated heterocycles. The van der Waals surface area contributed by atoms with Gasteiger partial charge in [-0.15, -0.1) is 0 Å². The van der Waals surface area contributed by atoms with Gasteiger partial charge in [0.2, 0.25) is 0 Å². The molecule has 0 rings (SSSR count). The van der Waals surface area contributed by atoms with Crippen LogP contribution in [0.2, 0.25) is 0 Å². The van der Waals surface area contributed by atoms with Crippen molar-refractivity contribution < 1.29 is 32.6 Å². The van der Waals surface area contributed by atoms with Gasteiger partial charge in [-0.05, 0) is 0 Å². The first-order valence-electron chi connectivity index (χ1n) is 3.56. The molecule has 1 atom stereocenters. The molecule has 0 radical (unpaired) electrons. The number of alkyl carbamates (subject to hydrolysis) is 1. The minimum absolute atomic E-state index is 0.369. The number of carbonyl (C=O) groups excluding carboxylic acids is 1. The van der Waals surface area contributed by atoms with E-state index in [4.69, 9.17) is 5.11 Å². The van der Waals surface area contributed by atoms with E-state index < -0.39 is 29.7 Å². The van der Waals surface area contributed by atoms with E-state index in [1.54, 1.807) is 0 Å². The van der Waals surface area contributed by atoms with Crippen LogP contribution >= 0.6 is 15.9 Å². The summed E-state index contributed by atoms with van der Waals surface area (Å²) >= 11 is 2.67. The first kappa shape index (κ1) is 14.0. The topological polar surface area (TPSA) is 75.6 Å². The molecular weight excluding hydrogens is 287 g/mol. The number of aliphatic carboxylic acids is 1. The SMILES string of the molecule is O=C(NCC(Br)C(=O)O)OCC(F)(F)F. The van der Waals surface area contributed by atoms with E-state index in [9.17, 15) is 22.8 Å². The number of ether oxygens (including phenoxy) is 1. The Morgan fingerprint density at radius 3 is 2.40 bits per heavy atom. The van der Waals surface area contributed by atoms with Gasteiger partial charge in [-0.25, -0.2) is 4.79 Å². The minimum Gasteiger partial charge on any atom is -0.480 e. The number of rotatable bonds is 4. The highest BCUT2D eigenvalue weighted by molar-refractivity contribution is 9.10. The number of carboxylic acid groups (broad SMARTS) is 1. The third kappa shape index (κ3) is 8.03. The van der Waals surface area contributed by atoms with Crippen LogP contribution in [0.15, 0.2) is 0 Å². The number of nitrogens with one attached hydrogen (secondary N) is 1. The summed E-state index contributed by atoms with van der Waals surface area (Å²) in [5, 5.41) is 10.2. The zero-order chi connectivity index (χ0) is 12.1. The number of alkyl halides is 4. The summed E-state index contributed by atoms with van der Waals surface area (Å²) in [5.41, 5.74) is 0. The highest BCUT2D eigenvalue weighted by atomic mass is 79.9. The maximum Gasteiger partial charge on any atom is 0.422 e. The molecule has 9 heteroatoms. The van der Waals surface area contributed by atoms with Gasteiger partial charge in [0, 0.05) is 6.54 Å². The van der Waals surface area contributed by atoms with Gasteiger partial charge in [0.1, 0.15) is 4.83 Å². The summed E-state index contributed by atoms with van der Waals surface area (Å²) in [5.74, 6) is -1.24. The zero-order valence-corrected chi connectivity index (χ0v) is 8.76. The molecule has 0 fully saturated rings. The molecule has 0 aliphatic heterocycles. The predicted molar refractivity (Wildman–Crippen MR) is 45.8 cm³/mol. The molecule has 0 saturated carbocycles. The van der Waals surface area contributed by atoms with Crippen molar-refractivity contribution >= 4 is 28.0 Å². The first-order chi connectivity index (χ1) is 6.72. The summed E-state index contributed by atoms with van der Waals surface area (Å²) in [6.07, 6.45) is -5.92. The van der Waals surface area contributed by atoms with Gasteiger partial charge >= 0.3 is 18.2 Å². The van der Waals surface area contributed by atoms with E-state index >= 15 is 0 Å². The zero-order valence-electron chi connectivity index (χ0n) is 7.18. The van der Waals surface area contributed by atoms with Crippen molar-refractivity contribution in [3.8, 4) is 0 Å². The fraction of sp³-hybridized carbons (Fsp3) is 0.667. The Kier molecular flexibility index (Phi) is 5.40. The van der Waals surface area contributed by atoms with Crippen molar-refractivity contribution in [3.05, 3.63) is 0 Å². The Bertz CT molecular complexity index is 245. The quantitative estimate of drug-likeness (QED) is 0.762. The largest absolute Gasteiger partial charge is 0.480 e. The molecular formula is C6H7BrF3NO4. The van der Waals surface area contributed by atoms with Crippen LogP contribution in [0.25, 0.3) is 0 Å². The average Bonchev–Trinajstić information content (AvgIpc) is 2.09. The molecule has 1 amide bonds. The van der Waals surface area contributed by atoms with Crippen molar-refractivity contribution in [2.24, 2.45) is 0 Å². The summed E-state index contributed by atoms with van der Waals surface area (Å²) in [6, 6.07) is 0. The van der Waals surface area contributed by atoms with E-state index in [1.807, 2.05) is 5.32 Å². The number of carboxylic acids is 1. The van der Waals surface area contributed by atoms with Crippen molar-refractivity contribution in [3.63, 3.8) is 0 Å². The predicted octanol–water partition coefficient (Wildman–Crippen LogP) is 1.12. The second kappa shape index (κ2) is 5.79. The Morgan fingerprint density at radius 1 is 1.47 bits per heavy atom. The number of hydrogen-bond acceptors (Lipinski definition) is 3. The molecule has 0 aliphatic carbocycles. The lowest BCUT2D eigenvalue weighted by atomic mass is 10.4. The Hall–Kier alpha value is -0.990. The second-order valence-corrected chi connectivity index (χ2v) is 3.48. The number of amides is 1. The third-order valence-corrected chi connectivity index (χ3v) is 1.78. The van der Waals surface area contributed by atoms with Crippen LogP contribution in [0.1, 0.15) is 0 Å². The van der Waals surface area contributed by atoms with Crippen LogP contribution in [-0.2, 0) is 9.53 Å². The van der Waals surface area contributed by atoms with Crippen LogP contribution in [0, 0.1) is 0 Å². The van der Waals surface area contributed by atoms with Gasteiger partial charge in [0.25, 0.3) is 0 Å². The van der Waals surface area contributed by atoms with Crippen LogP contribution in [0.4, 0.5) is 18.0 Å². The van der Waals surface area contributed by atoms with Gasteiger partial charge in [-0.2, -0.15) is 13.2 Å². The van der Waals surface area contributed by atoms with Crippen molar-refractivity contribution in [2.45, 2.75) is 11.0 Å². The molecule has 5 nitrogen and oxygen atoms in total. The van der Waals surface area contributed by atoms with Gasteiger partial charge in [-0.1, -0.05) is 15.9 Å². The number of hydrogen-bond donors (Lipinski definition) is 2. The maximum absolute atomic E-state index is 11.5. The monoisotopic (exact) mass is 293 g/mol. The molecule has 0 aromatic heterocycles. The fourth-order valence-corrected chi connectivity index (χ4v) is 0.621. The molecule has 0 aromatic rings. The van der Waals surface area contributed by atoms with Crippen molar-refractivity contribution in [2.75, 3.05) is 13.2 Å². The Balaban J connectivity index is 3.72.